The second kappa shape index (κ2) is 10.4. The molecule has 1 heterocycles. The van der Waals surface area contributed by atoms with E-state index < -0.39 is 18.0 Å². The number of hydrogen-bond donors (Lipinski definition) is 1. The van der Waals surface area contributed by atoms with E-state index in [0.29, 0.717) is 28.3 Å². The number of esters is 1. The Morgan fingerprint density at radius 2 is 1.69 bits per heavy atom. The molecule has 0 radical (unpaired) electrons. The second-order valence-electron chi connectivity index (χ2n) is 7.59. The zero-order chi connectivity index (χ0) is 24.8. The van der Waals surface area contributed by atoms with Crippen molar-refractivity contribution in [3.8, 4) is 28.8 Å². The van der Waals surface area contributed by atoms with Crippen molar-refractivity contribution in [1.29, 1.82) is 5.26 Å². The van der Waals surface area contributed by atoms with Crippen LogP contribution in [0.15, 0.2) is 85.1 Å². The molecule has 0 saturated heterocycles. The van der Waals surface area contributed by atoms with E-state index in [-0.39, 0.29) is 5.56 Å². The number of nitrogens with zero attached hydrogens (tertiary/aromatic N) is 3. The molecule has 4 rings (SSSR count). The summed E-state index contributed by atoms with van der Waals surface area (Å²) in [6.45, 7) is 1.47. The Balaban J connectivity index is 1.60. The lowest BCUT2D eigenvalue weighted by Gasteiger charge is -2.14. The Hall–Kier alpha value is -4.90. The fourth-order valence-electron chi connectivity index (χ4n) is 3.40. The molecule has 1 amide bonds. The quantitative estimate of drug-likeness (QED) is 0.399. The molecular formula is C27H22N4O4. The van der Waals surface area contributed by atoms with Crippen LogP contribution in [0.3, 0.4) is 0 Å². The molecule has 8 nitrogen and oxygen atoms in total. The fraction of sp³-hybridized carbons (Fsp3) is 0.111. The van der Waals surface area contributed by atoms with Crippen LogP contribution in [0, 0.1) is 11.3 Å². The van der Waals surface area contributed by atoms with Crippen LogP contribution in [0.2, 0.25) is 0 Å². The summed E-state index contributed by atoms with van der Waals surface area (Å²) in [6, 6.07) is 25.1. The normalized spacial score (nSPS) is 11.2. The predicted molar refractivity (Wildman–Crippen MR) is 130 cm³/mol. The molecule has 35 heavy (non-hydrogen) atoms. The molecule has 0 fully saturated rings. The fourth-order valence-corrected chi connectivity index (χ4v) is 3.40. The molecule has 4 aromatic rings. The van der Waals surface area contributed by atoms with Gasteiger partial charge in [0, 0.05) is 11.8 Å². The summed E-state index contributed by atoms with van der Waals surface area (Å²) < 4.78 is 12.3. The predicted octanol–water partition coefficient (Wildman–Crippen LogP) is 4.60. The van der Waals surface area contributed by atoms with E-state index in [9.17, 15) is 14.9 Å². The molecule has 0 bridgehead atoms. The van der Waals surface area contributed by atoms with E-state index in [1.807, 2.05) is 36.4 Å². The Kier molecular flexibility index (Phi) is 6.88. The first kappa shape index (κ1) is 23.3. The number of aromatic nitrogens is 2. The van der Waals surface area contributed by atoms with Gasteiger partial charge in [-0.05, 0) is 55.5 Å². The number of benzene rings is 3. The van der Waals surface area contributed by atoms with Gasteiger partial charge in [0.2, 0.25) is 0 Å². The molecule has 0 saturated carbocycles. The van der Waals surface area contributed by atoms with Gasteiger partial charge >= 0.3 is 5.97 Å². The monoisotopic (exact) mass is 466 g/mol. The minimum Gasteiger partial charge on any atom is -0.497 e. The summed E-state index contributed by atoms with van der Waals surface area (Å²) in [7, 11) is 1.57. The van der Waals surface area contributed by atoms with Gasteiger partial charge in [-0.2, -0.15) is 10.4 Å². The second-order valence-corrected chi connectivity index (χ2v) is 7.59. The Bertz CT molecular complexity index is 1390. The highest BCUT2D eigenvalue weighted by Crippen LogP contribution is 2.27. The zero-order valence-electron chi connectivity index (χ0n) is 19.1. The molecule has 1 N–H and O–H groups in total. The number of hydrogen-bond acceptors (Lipinski definition) is 6. The number of ether oxygens (including phenoxy) is 2. The van der Waals surface area contributed by atoms with Gasteiger partial charge in [0.25, 0.3) is 5.91 Å². The number of methoxy groups -OCH3 is 1. The van der Waals surface area contributed by atoms with Crippen LogP contribution in [0.5, 0.6) is 5.75 Å². The third-order valence-corrected chi connectivity index (χ3v) is 5.28. The van der Waals surface area contributed by atoms with Crippen molar-refractivity contribution < 1.29 is 19.1 Å². The van der Waals surface area contributed by atoms with E-state index >= 15 is 0 Å². The van der Waals surface area contributed by atoms with Crippen LogP contribution in [-0.4, -0.2) is 34.9 Å². The Labute approximate surface area is 202 Å². The highest BCUT2D eigenvalue weighted by molar-refractivity contribution is 6.00. The van der Waals surface area contributed by atoms with Gasteiger partial charge in [-0.15, -0.1) is 0 Å². The Morgan fingerprint density at radius 3 is 2.37 bits per heavy atom. The standard InChI is InChI=1S/C27H22N4O4/c1-18(26(32)29-24-11-7-6-8-20(24)16-28)35-27(33)23-17-31(21-9-4-3-5-10-21)30-25(23)19-12-14-22(34-2)15-13-19/h3-15,17-18H,1-2H3,(H,29,32). The number of nitrogens with one attached hydrogen (secondary N) is 1. The molecule has 0 aliphatic carbocycles. The first-order valence-electron chi connectivity index (χ1n) is 10.8. The largest absolute Gasteiger partial charge is 0.497 e. The van der Waals surface area contributed by atoms with Gasteiger partial charge < -0.3 is 14.8 Å². The maximum atomic E-state index is 13.2. The van der Waals surface area contributed by atoms with Crippen LogP contribution in [0.25, 0.3) is 16.9 Å². The van der Waals surface area contributed by atoms with E-state index in [1.54, 1.807) is 66.5 Å². The van der Waals surface area contributed by atoms with E-state index in [1.165, 1.54) is 6.92 Å². The number of rotatable bonds is 7. The van der Waals surface area contributed by atoms with E-state index in [4.69, 9.17) is 9.47 Å². The van der Waals surface area contributed by atoms with Gasteiger partial charge in [0.15, 0.2) is 6.10 Å². The average Bonchev–Trinajstić information content (AvgIpc) is 3.35. The number of para-hydroxylation sites is 2. The van der Waals surface area contributed by atoms with E-state index in [0.717, 1.165) is 5.69 Å². The highest BCUT2D eigenvalue weighted by Gasteiger charge is 2.25. The molecular weight excluding hydrogens is 444 g/mol. The lowest BCUT2D eigenvalue weighted by Crippen LogP contribution is -2.30. The van der Waals surface area contributed by atoms with Crippen molar-refractivity contribution in [3.63, 3.8) is 0 Å². The van der Waals surface area contributed by atoms with Crippen molar-refractivity contribution in [3.05, 3.63) is 96.2 Å². The first-order chi connectivity index (χ1) is 17.0. The highest BCUT2D eigenvalue weighted by atomic mass is 16.5. The summed E-state index contributed by atoms with van der Waals surface area (Å²) in [6.07, 6.45) is 0.463. The Morgan fingerprint density at radius 1 is 1.00 bits per heavy atom. The molecule has 0 spiro atoms. The molecule has 1 atom stereocenters. The minimum absolute atomic E-state index is 0.205. The maximum absolute atomic E-state index is 13.2. The molecule has 0 aliphatic heterocycles. The number of amides is 1. The summed E-state index contributed by atoms with van der Waals surface area (Å²) in [5.74, 6) is -0.583. The number of nitriles is 1. The summed E-state index contributed by atoms with van der Waals surface area (Å²) >= 11 is 0. The third kappa shape index (κ3) is 5.20. The third-order valence-electron chi connectivity index (χ3n) is 5.28. The summed E-state index contributed by atoms with van der Waals surface area (Å²) in [4.78, 5) is 25.8. The van der Waals surface area contributed by atoms with Crippen LogP contribution < -0.4 is 10.1 Å². The van der Waals surface area contributed by atoms with Crippen molar-refractivity contribution in [2.45, 2.75) is 13.0 Å². The lowest BCUT2D eigenvalue weighted by molar-refractivity contribution is -0.123. The van der Waals surface area contributed by atoms with Crippen molar-refractivity contribution in [2.75, 3.05) is 12.4 Å². The van der Waals surface area contributed by atoms with E-state index in [2.05, 4.69) is 10.4 Å². The number of carbonyl (C=O) groups is 2. The summed E-state index contributed by atoms with van der Waals surface area (Å²) in [5, 5.41) is 16.5. The molecule has 8 heteroatoms. The maximum Gasteiger partial charge on any atom is 0.342 e. The summed E-state index contributed by atoms with van der Waals surface area (Å²) in [5.41, 5.74) is 2.72. The minimum atomic E-state index is -1.11. The zero-order valence-corrected chi connectivity index (χ0v) is 19.1. The number of carbonyl (C=O) groups excluding carboxylic acids is 2. The van der Waals surface area contributed by atoms with Crippen LogP contribution in [0.1, 0.15) is 22.8 Å². The van der Waals surface area contributed by atoms with Gasteiger partial charge in [-0.3, -0.25) is 4.79 Å². The first-order valence-corrected chi connectivity index (χ1v) is 10.8. The molecule has 0 aliphatic rings. The smallest absolute Gasteiger partial charge is 0.342 e. The average molecular weight is 466 g/mol. The number of anilines is 1. The topological polar surface area (TPSA) is 106 Å². The van der Waals surface area contributed by atoms with Gasteiger partial charge in [-0.1, -0.05) is 30.3 Å². The van der Waals surface area contributed by atoms with Crippen LogP contribution in [-0.2, 0) is 9.53 Å². The molecule has 3 aromatic carbocycles. The molecule has 174 valence electrons. The SMILES string of the molecule is COc1ccc(-c2nn(-c3ccccc3)cc2C(=O)OC(C)C(=O)Nc2ccccc2C#N)cc1. The van der Waals surface area contributed by atoms with Gasteiger partial charge in [0.05, 0.1) is 24.0 Å². The lowest BCUT2D eigenvalue weighted by atomic mass is 10.1. The van der Waals surface area contributed by atoms with Crippen molar-refractivity contribution in [1.82, 2.24) is 9.78 Å². The van der Waals surface area contributed by atoms with Gasteiger partial charge in [0.1, 0.15) is 23.1 Å². The molecule has 1 aromatic heterocycles. The van der Waals surface area contributed by atoms with Crippen LogP contribution in [0.4, 0.5) is 5.69 Å². The molecule has 1 unspecified atom stereocenters. The van der Waals surface area contributed by atoms with Gasteiger partial charge in [-0.25, -0.2) is 9.48 Å². The van der Waals surface area contributed by atoms with Crippen molar-refractivity contribution >= 4 is 17.6 Å². The van der Waals surface area contributed by atoms with Crippen molar-refractivity contribution in [2.24, 2.45) is 0 Å². The van der Waals surface area contributed by atoms with Crippen LogP contribution >= 0.6 is 0 Å².